The van der Waals surface area contributed by atoms with Crippen LogP contribution < -0.4 is 5.32 Å². The maximum Gasteiger partial charge on any atom is 0.0635 e. The lowest BCUT2D eigenvalue weighted by Gasteiger charge is -2.26. The average molecular weight is 196 g/mol. The van der Waals surface area contributed by atoms with Crippen molar-refractivity contribution in [1.82, 2.24) is 10.2 Å². The average Bonchev–Trinajstić information content (AvgIpc) is 2.25. The van der Waals surface area contributed by atoms with E-state index in [0.717, 1.165) is 45.8 Å². The SMILES string of the molecule is N#CCC[N]CCCN1CCOCC1. The van der Waals surface area contributed by atoms with Crippen LogP contribution in [0.25, 0.3) is 0 Å². The fourth-order valence-electron chi connectivity index (χ4n) is 1.47. The largest absolute Gasteiger partial charge is 0.379 e. The third kappa shape index (κ3) is 5.18. The highest BCUT2D eigenvalue weighted by molar-refractivity contribution is 4.70. The van der Waals surface area contributed by atoms with Gasteiger partial charge in [-0.05, 0) is 13.0 Å². The van der Waals surface area contributed by atoms with Crippen molar-refractivity contribution < 1.29 is 4.74 Å². The second-order valence-electron chi connectivity index (χ2n) is 3.39. The van der Waals surface area contributed by atoms with Crippen LogP contribution >= 0.6 is 0 Å². The molecule has 0 aromatic carbocycles. The molecule has 0 N–H and O–H groups in total. The van der Waals surface area contributed by atoms with Crippen molar-refractivity contribution in [3.63, 3.8) is 0 Å². The van der Waals surface area contributed by atoms with Crippen LogP contribution in [0, 0.1) is 11.3 Å². The van der Waals surface area contributed by atoms with Gasteiger partial charge in [0.1, 0.15) is 0 Å². The van der Waals surface area contributed by atoms with E-state index in [0.29, 0.717) is 13.0 Å². The van der Waals surface area contributed by atoms with Gasteiger partial charge in [0, 0.05) is 32.6 Å². The molecule has 1 saturated heterocycles. The monoisotopic (exact) mass is 196 g/mol. The van der Waals surface area contributed by atoms with Gasteiger partial charge in [0.05, 0.1) is 19.3 Å². The minimum Gasteiger partial charge on any atom is -0.379 e. The Balaban J connectivity index is 1.85. The van der Waals surface area contributed by atoms with E-state index in [1.54, 1.807) is 0 Å². The standard InChI is InChI=1S/C10H18N3O/c11-3-1-4-12-5-2-6-13-7-9-14-10-8-13/h1-2,4-10H2. The zero-order chi connectivity index (χ0) is 10.1. The number of hydrogen-bond donors (Lipinski definition) is 0. The molecule has 0 amide bonds. The summed E-state index contributed by atoms with van der Waals surface area (Å²) in [7, 11) is 0. The van der Waals surface area contributed by atoms with E-state index in [4.69, 9.17) is 10.00 Å². The summed E-state index contributed by atoms with van der Waals surface area (Å²) in [4.78, 5) is 2.41. The van der Waals surface area contributed by atoms with Gasteiger partial charge in [-0.15, -0.1) is 0 Å². The second-order valence-corrected chi connectivity index (χ2v) is 3.39. The summed E-state index contributed by atoms with van der Waals surface area (Å²) in [5.41, 5.74) is 0. The molecule has 1 rings (SSSR count). The Hall–Kier alpha value is -0.630. The Labute approximate surface area is 85.8 Å². The quantitative estimate of drug-likeness (QED) is 0.571. The van der Waals surface area contributed by atoms with Crippen molar-refractivity contribution in [2.45, 2.75) is 12.8 Å². The van der Waals surface area contributed by atoms with Gasteiger partial charge in [-0.2, -0.15) is 5.26 Å². The summed E-state index contributed by atoms with van der Waals surface area (Å²) in [5, 5.41) is 12.6. The summed E-state index contributed by atoms with van der Waals surface area (Å²) in [6.45, 7) is 6.53. The molecule has 0 saturated carbocycles. The predicted octanol–water partition coefficient (Wildman–Crippen LogP) is 0.227. The molecule has 0 unspecified atom stereocenters. The lowest BCUT2D eigenvalue weighted by molar-refractivity contribution is 0.0374. The van der Waals surface area contributed by atoms with Crippen LogP contribution in [0.5, 0.6) is 0 Å². The molecule has 4 heteroatoms. The molecule has 0 aromatic heterocycles. The van der Waals surface area contributed by atoms with E-state index < -0.39 is 0 Å². The van der Waals surface area contributed by atoms with Crippen LogP contribution in [0.15, 0.2) is 0 Å². The predicted molar refractivity (Wildman–Crippen MR) is 54.0 cm³/mol. The maximum absolute atomic E-state index is 8.29. The first-order valence-corrected chi connectivity index (χ1v) is 5.24. The van der Waals surface area contributed by atoms with E-state index in [-0.39, 0.29) is 0 Å². The van der Waals surface area contributed by atoms with Crippen molar-refractivity contribution >= 4 is 0 Å². The fourth-order valence-corrected chi connectivity index (χ4v) is 1.47. The minimum absolute atomic E-state index is 0.553. The van der Waals surface area contributed by atoms with E-state index in [1.165, 1.54) is 0 Å². The highest BCUT2D eigenvalue weighted by Crippen LogP contribution is 1.97. The van der Waals surface area contributed by atoms with Crippen LogP contribution in [0.2, 0.25) is 0 Å². The number of nitrogens with zero attached hydrogens (tertiary/aromatic N) is 3. The summed E-state index contributed by atoms with van der Waals surface area (Å²) in [6.07, 6.45) is 1.66. The smallest absolute Gasteiger partial charge is 0.0635 e. The molecule has 1 aliphatic rings. The van der Waals surface area contributed by atoms with Gasteiger partial charge in [0.25, 0.3) is 0 Å². The molecule has 1 heterocycles. The minimum atomic E-state index is 0.553. The van der Waals surface area contributed by atoms with E-state index in [1.807, 2.05) is 0 Å². The molecule has 14 heavy (non-hydrogen) atoms. The summed E-state index contributed by atoms with van der Waals surface area (Å²) in [5.74, 6) is 0. The van der Waals surface area contributed by atoms with E-state index in [2.05, 4.69) is 16.3 Å². The van der Waals surface area contributed by atoms with Gasteiger partial charge in [-0.1, -0.05) is 0 Å². The lowest BCUT2D eigenvalue weighted by Crippen LogP contribution is -2.37. The van der Waals surface area contributed by atoms with Crippen molar-refractivity contribution in [2.24, 2.45) is 0 Å². The topological polar surface area (TPSA) is 50.4 Å². The molecule has 0 atom stereocenters. The number of rotatable bonds is 6. The van der Waals surface area contributed by atoms with Gasteiger partial charge >= 0.3 is 0 Å². The summed E-state index contributed by atoms with van der Waals surface area (Å²) >= 11 is 0. The molecule has 0 aliphatic carbocycles. The van der Waals surface area contributed by atoms with Gasteiger partial charge in [-0.25, -0.2) is 5.32 Å². The molecule has 4 nitrogen and oxygen atoms in total. The highest BCUT2D eigenvalue weighted by atomic mass is 16.5. The number of ether oxygens (including phenoxy) is 1. The number of nitriles is 1. The van der Waals surface area contributed by atoms with Crippen LogP contribution in [0.4, 0.5) is 0 Å². The number of hydrogen-bond acceptors (Lipinski definition) is 3. The number of morpholine rings is 1. The first kappa shape index (κ1) is 11.4. The van der Waals surface area contributed by atoms with Gasteiger partial charge in [0.15, 0.2) is 0 Å². The molecule has 1 radical (unpaired) electrons. The Morgan fingerprint density at radius 3 is 2.79 bits per heavy atom. The summed E-state index contributed by atoms with van der Waals surface area (Å²) in [6, 6.07) is 2.09. The molecule has 0 spiro atoms. The molecule has 0 aromatic rings. The molecule has 0 bridgehead atoms. The third-order valence-corrected chi connectivity index (χ3v) is 2.28. The van der Waals surface area contributed by atoms with Crippen LogP contribution in [-0.2, 0) is 4.74 Å². The lowest BCUT2D eigenvalue weighted by atomic mass is 10.3. The molecule has 1 fully saturated rings. The van der Waals surface area contributed by atoms with Crippen molar-refractivity contribution in [3.05, 3.63) is 0 Å². The van der Waals surface area contributed by atoms with Gasteiger partial charge < -0.3 is 4.74 Å². The van der Waals surface area contributed by atoms with Crippen LogP contribution in [0.1, 0.15) is 12.8 Å². The van der Waals surface area contributed by atoms with Gasteiger partial charge in [-0.3, -0.25) is 4.90 Å². The second kappa shape index (κ2) is 7.74. The maximum atomic E-state index is 8.29. The van der Waals surface area contributed by atoms with Crippen LogP contribution in [0.3, 0.4) is 0 Å². The Morgan fingerprint density at radius 2 is 2.07 bits per heavy atom. The summed E-state index contributed by atoms with van der Waals surface area (Å²) < 4.78 is 5.26. The fraction of sp³-hybridized carbons (Fsp3) is 0.900. The molecule has 1 aliphatic heterocycles. The van der Waals surface area contributed by atoms with E-state index >= 15 is 0 Å². The Bertz CT molecular complexity index is 173. The first-order chi connectivity index (χ1) is 6.93. The van der Waals surface area contributed by atoms with Crippen molar-refractivity contribution in [3.8, 4) is 6.07 Å². The zero-order valence-electron chi connectivity index (χ0n) is 8.61. The normalized spacial score (nSPS) is 17.9. The molecular weight excluding hydrogens is 178 g/mol. The molecule has 79 valence electrons. The Kier molecular flexibility index (Phi) is 6.33. The van der Waals surface area contributed by atoms with Crippen LogP contribution in [-0.4, -0.2) is 50.8 Å². The van der Waals surface area contributed by atoms with Gasteiger partial charge in [0.2, 0.25) is 0 Å². The Morgan fingerprint density at radius 1 is 1.29 bits per heavy atom. The zero-order valence-corrected chi connectivity index (χ0v) is 8.61. The van der Waals surface area contributed by atoms with E-state index in [9.17, 15) is 0 Å². The molecular formula is C10H18N3O. The highest BCUT2D eigenvalue weighted by Gasteiger charge is 2.08. The third-order valence-electron chi connectivity index (χ3n) is 2.28. The van der Waals surface area contributed by atoms with Crippen molar-refractivity contribution in [2.75, 3.05) is 45.9 Å². The van der Waals surface area contributed by atoms with Crippen molar-refractivity contribution in [1.29, 1.82) is 5.26 Å². The first-order valence-electron chi connectivity index (χ1n) is 5.24.